The van der Waals surface area contributed by atoms with E-state index in [1.54, 1.807) is 11.7 Å². The second-order valence-corrected chi connectivity index (χ2v) is 8.69. The van der Waals surface area contributed by atoms with Crippen molar-refractivity contribution >= 4 is 47.5 Å². The number of hydrogen-bond donors (Lipinski definition) is 0. The lowest BCUT2D eigenvalue weighted by atomic mass is 10.3. The van der Waals surface area contributed by atoms with E-state index < -0.39 is 15.8 Å². The van der Waals surface area contributed by atoms with Gasteiger partial charge in [0.15, 0.2) is 0 Å². The molecule has 0 aliphatic carbocycles. The summed E-state index contributed by atoms with van der Waals surface area (Å²) in [6, 6.07) is 10.3. The van der Waals surface area contributed by atoms with Crippen LogP contribution in [0.2, 0.25) is 0 Å². The van der Waals surface area contributed by atoms with Crippen molar-refractivity contribution in [1.29, 1.82) is 0 Å². The van der Waals surface area contributed by atoms with Crippen LogP contribution >= 0.6 is 27.3 Å². The van der Waals surface area contributed by atoms with Crippen molar-refractivity contribution in [3.63, 3.8) is 0 Å². The summed E-state index contributed by atoms with van der Waals surface area (Å²) in [5.74, 6) is -0.499. The molecule has 3 rings (SSSR count). The lowest BCUT2D eigenvalue weighted by molar-refractivity contribution is 0.187. The third-order valence-corrected chi connectivity index (χ3v) is 6.40. The summed E-state index contributed by atoms with van der Waals surface area (Å²) in [7, 11) is -2.36. The van der Waals surface area contributed by atoms with E-state index in [0.29, 0.717) is 18.0 Å². The van der Waals surface area contributed by atoms with Crippen LogP contribution in [0.1, 0.15) is 0 Å². The van der Waals surface area contributed by atoms with Gasteiger partial charge < -0.3 is 9.30 Å². The van der Waals surface area contributed by atoms with Gasteiger partial charge in [-0.25, -0.2) is 4.39 Å². The number of thiazole rings is 1. The Morgan fingerprint density at radius 3 is 2.64 bits per heavy atom. The molecule has 25 heavy (non-hydrogen) atoms. The van der Waals surface area contributed by atoms with Crippen LogP contribution in [0.4, 0.5) is 4.39 Å². The highest BCUT2D eigenvalue weighted by Gasteiger charge is 2.15. The molecule has 0 saturated heterocycles. The standard InChI is InChI=1S/C16H14BrFN2O3S2/c1-23-9-8-20-14-7-2-11(17)10-15(14)24-16(20)19-25(21,22)13-5-3-12(18)4-6-13/h2-7,10H,8-9H2,1H3. The Hall–Kier alpha value is -1.55. The molecular formula is C16H14BrFN2O3S2. The molecule has 1 aromatic heterocycles. The SMILES string of the molecule is COCCn1c(=NS(=O)(=O)c2ccc(F)cc2)sc2cc(Br)ccc21. The third-order valence-electron chi connectivity index (χ3n) is 3.47. The second kappa shape index (κ2) is 7.36. The molecule has 0 amide bonds. The summed E-state index contributed by atoms with van der Waals surface area (Å²) in [5, 5.41) is 0. The number of hydrogen-bond acceptors (Lipinski definition) is 4. The van der Waals surface area contributed by atoms with E-state index in [4.69, 9.17) is 4.74 Å². The molecule has 0 fully saturated rings. The van der Waals surface area contributed by atoms with Gasteiger partial charge >= 0.3 is 0 Å². The molecule has 0 bridgehead atoms. The van der Waals surface area contributed by atoms with Gasteiger partial charge in [-0.3, -0.25) is 0 Å². The molecule has 9 heteroatoms. The number of halogens is 2. The van der Waals surface area contributed by atoms with E-state index in [-0.39, 0.29) is 4.90 Å². The molecule has 0 aliphatic heterocycles. The van der Waals surface area contributed by atoms with Crippen molar-refractivity contribution < 1.29 is 17.5 Å². The first kappa shape index (κ1) is 18.2. The Labute approximate surface area is 156 Å². The quantitative estimate of drug-likeness (QED) is 0.604. The zero-order valence-electron chi connectivity index (χ0n) is 13.1. The summed E-state index contributed by atoms with van der Waals surface area (Å²) in [6.45, 7) is 0.890. The Morgan fingerprint density at radius 2 is 1.96 bits per heavy atom. The number of methoxy groups -OCH3 is 1. The molecular weight excluding hydrogens is 431 g/mol. The van der Waals surface area contributed by atoms with Crippen LogP contribution < -0.4 is 4.80 Å². The van der Waals surface area contributed by atoms with E-state index in [9.17, 15) is 12.8 Å². The zero-order valence-corrected chi connectivity index (χ0v) is 16.4. The largest absolute Gasteiger partial charge is 0.383 e. The van der Waals surface area contributed by atoms with Gasteiger partial charge in [0.05, 0.1) is 21.7 Å². The summed E-state index contributed by atoms with van der Waals surface area (Å²) in [6.07, 6.45) is 0. The fourth-order valence-corrected chi connectivity index (χ4v) is 5.09. The molecule has 1 heterocycles. The van der Waals surface area contributed by atoms with Crippen LogP contribution in [-0.4, -0.2) is 26.7 Å². The first-order valence-corrected chi connectivity index (χ1v) is 10.3. The van der Waals surface area contributed by atoms with Gasteiger partial charge in [-0.05, 0) is 42.5 Å². The van der Waals surface area contributed by atoms with Gasteiger partial charge in [0.25, 0.3) is 10.0 Å². The van der Waals surface area contributed by atoms with Crippen molar-refractivity contribution in [2.45, 2.75) is 11.4 Å². The van der Waals surface area contributed by atoms with E-state index in [1.165, 1.54) is 23.5 Å². The van der Waals surface area contributed by atoms with Gasteiger partial charge in [0, 0.05) is 18.1 Å². The van der Waals surface area contributed by atoms with Crippen molar-refractivity contribution in [1.82, 2.24) is 4.57 Å². The molecule has 0 N–H and O–H groups in total. The predicted molar refractivity (Wildman–Crippen MR) is 98.5 cm³/mol. The maximum atomic E-state index is 13.0. The Bertz CT molecular complexity index is 1070. The molecule has 3 aromatic rings. The van der Waals surface area contributed by atoms with Gasteiger partial charge in [-0.15, -0.1) is 4.40 Å². The van der Waals surface area contributed by atoms with Gasteiger partial charge in [0.1, 0.15) is 5.82 Å². The van der Waals surface area contributed by atoms with Gasteiger partial charge in [-0.2, -0.15) is 8.42 Å². The molecule has 2 aromatic carbocycles. The molecule has 0 aliphatic rings. The van der Waals surface area contributed by atoms with Gasteiger partial charge in [0.2, 0.25) is 4.80 Å². The fraction of sp³-hybridized carbons (Fsp3) is 0.188. The predicted octanol–water partition coefficient (Wildman–Crippen LogP) is 3.54. The van der Waals surface area contributed by atoms with Crippen LogP contribution in [0, 0.1) is 5.82 Å². The number of fused-ring (bicyclic) bond motifs is 1. The number of ether oxygens (including phenoxy) is 1. The lowest BCUT2D eigenvalue weighted by Gasteiger charge is -2.04. The summed E-state index contributed by atoms with van der Waals surface area (Å²) in [5.41, 5.74) is 0.873. The minimum absolute atomic E-state index is 0.0502. The third kappa shape index (κ3) is 4.00. The summed E-state index contributed by atoms with van der Waals surface area (Å²) in [4.78, 5) is 0.292. The van der Waals surface area contributed by atoms with Crippen LogP contribution in [0.5, 0.6) is 0 Å². The highest BCUT2D eigenvalue weighted by atomic mass is 79.9. The van der Waals surface area contributed by atoms with Crippen LogP contribution in [0.15, 0.2) is 56.2 Å². The number of sulfonamides is 1. The maximum Gasteiger partial charge on any atom is 0.285 e. The van der Waals surface area contributed by atoms with Crippen molar-refractivity contribution in [3.8, 4) is 0 Å². The number of rotatable bonds is 5. The zero-order chi connectivity index (χ0) is 18.0. The molecule has 0 saturated carbocycles. The van der Waals surface area contributed by atoms with E-state index >= 15 is 0 Å². The highest BCUT2D eigenvalue weighted by molar-refractivity contribution is 9.10. The van der Waals surface area contributed by atoms with E-state index in [1.807, 2.05) is 18.2 Å². The molecule has 0 atom stereocenters. The van der Waals surface area contributed by atoms with Gasteiger partial charge in [-0.1, -0.05) is 27.3 Å². The highest BCUT2D eigenvalue weighted by Crippen LogP contribution is 2.23. The topological polar surface area (TPSA) is 60.7 Å². The van der Waals surface area contributed by atoms with Crippen LogP contribution in [0.3, 0.4) is 0 Å². The van der Waals surface area contributed by atoms with E-state index in [2.05, 4.69) is 20.3 Å². The molecule has 0 unspecified atom stereocenters. The van der Waals surface area contributed by atoms with Crippen LogP contribution in [0.25, 0.3) is 10.2 Å². The average molecular weight is 445 g/mol. The lowest BCUT2D eigenvalue weighted by Crippen LogP contribution is -2.19. The molecule has 132 valence electrons. The first-order chi connectivity index (χ1) is 11.9. The summed E-state index contributed by atoms with van der Waals surface area (Å²) < 4.78 is 50.8. The fourth-order valence-electron chi connectivity index (χ4n) is 2.28. The number of benzene rings is 2. The molecule has 0 radical (unpaired) electrons. The average Bonchev–Trinajstić information content (AvgIpc) is 2.88. The number of nitrogens with zero attached hydrogens (tertiary/aromatic N) is 2. The smallest absolute Gasteiger partial charge is 0.285 e. The monoisotopic (exact) mass is 444 g/mol. The maximum absolute atomic E-state index is 13.0. The Morgan fingerprint density at radius 1 is 1.24 bits per heavy atom. The minimum Gasteiger partial charge on any atom is -0.383 e. The number of aromatic nitrogens is 1. The molecule has 5 nitrogen and oxygen atoms in total. The first-order valence-electron chi connectivity index (χ1n) is 7.25. The Kier molecular flexibility index (Phi) is 5.38. The second-order valence-electron chi connectivity index (χ2n) is 5.16. The van der Waals surface area contributed by atoms with Crippen molar-refractivity contribution in [3.05, 3.63) is 57.6 Å². The minimum atomic E-state index is -3.94. The van der Waals surface area contributed by atoms with E-state index in [0.717, 1.165) is 26.8 Å². The Balaban J connectivity index is 2.18. The summed E-state index contributed by atoms with van der Waals surface area (Å²) >= 11 is 4.68. The molecule has 0 spiro atoms. The normalized spacial score (nSPS) is 12.8. The van der Waals surface area contributed by atoms with Crippen molar-refractivity contribution in [2.24, 2.45) is 4.40 Å². The van der Waals surface area contributed by atoms with Crippen molar-refractivity contribution in [2.75, 3.05) is 13.7 Å². The van der Waals surface area contributed by atoms with Crippen LogP contribution in [-0.2, 0) is 21.3 Å².